The van der Waals surface area contributed by atoms with E-state index in [0.717, 1.165) is 17.7 Å². The van der Waals surface area contributed by atoms with Crippen LogP contribution in [0.25, 0.3) is 10.9 Å². The summed E-state index contributed by atoms with van der Waals surface area (Å²) in [4.78, 5) is 38.6. The first-order valence-corrected chi connectivity index (χ1v) is 9.38. The van der Waals surface area contributed by atoms with Gasteiger partial charge in [0, 0.05) is 18.4 Å². The molecule has 0 unspecified atom stereocenters. The first-order valence-electron chi connectivity index (χ1n) is 9.38. The Kier molecular flexibility index (Phi) is 3.94. The second-order valence-corrected chi connectivity index (χ2v) is 7.39. The fraction of sp³-hybridized carbons (Fsp3) is 0.238. The third-order valence-electron chi connectivity index (χ3n) is 5.35. The molecular weight excluding hydrogens is 375 g/mol. The lowest BCUT2D eigenvalue weighted by molar-refractivity contribution is 0.0666. The van der Waals surface area contributed by atoms with Gasteiger partial charge in [-0.1, -0.05) is 12.1 Å². The van der Waals surface area contributed by atoms with Gasteiger partial charge in [0.15, 0.2) is 0 Å². The molecule has 0 atom stereocenters. The highest BCUT2D eigenvalue weighted by molar-refractivity contribution is 6.21. The van der Waals surface area contributed by atoms with Gasteiger partial charge in [-0.3, -0.25) is 24.0 Å². The fourth-order valence-electron chi connectivity index (χ4n) is 3.72. The van der Waals surface area contributed by atoms with E-state index in [2.05, 4.69) is 5.10 Å². The molecule has 0 saturated heterocycles. The maximum atomic E-state index is 13.6. The smallest absolute Gasteiger partial charge is 0.261 e. The molecule has 0 N–H and O–H groups in total. The minimum atomic E-state index is -0.442. The molecule has 0 bridgehead atoms. The molecule has 29 heavy (non-hydrogen) atoms. The Morgan fingerprint density at radius 3 is 2.38 bits per heavy atom. The Morgan fingerprint density at radius 1 is 1.07 bits per heavy atom. The maximum Gasteiger partial charge on any atom is 0.261 e. The molecule has 5 rings (SSSR count). The SMILES string of the molecule is O=C1c2ccccc2C(=O)N1CC(=CF)Cn1cc2c(=O)n(C3CC3)ccc2n1. The molecule has 3 heterocycles. The standard InChI is InChI=1S/C21H17FN4O3/c22-9-13(11-26-19(27)15-3-1-2-4-16(15)20(26)28)10-24-12-17-18(23-24)7-8-25(21(17)29)14-5-6-14/h1-4,7-9,12,14H,5-6,10-11H2. The van der Waals surface area contributed by atoms with Crippen LogP contribution < -0.4 is 5.56 Å². The van der Waals surface area contributed by atoms with Crippen LogP contribution in [0.1, 0.15) is 39.6 Å². The number of halogens is 1. The zero-order valence-electron chi connectivity index (χ0n) is 15.4. The Balaban J connectivity index is 1.39. The molecule has 2 aromatic heterocycles. The van der Waals surface area contributed by atoms with Crippen molar-refractivity contribution in [1.29, 1.82) is 0 Å². The van der Waals surface area contributed by atoms with E-state index in [-0.39, 0.29) is 30.3 Å². The number of aromatic nitrogens is 3. The zero-order valence-corrected chi connectivity index (χ0v) is 15.4. The molecule has 1 saturated carbocycles. The van der Waals surface area contributed by atoms with Gasteiger partial charge >= 0.3 is 0 Å². The van der Waals surface area contributed by atoms with Crippen LogP contribution in [0.2, 0.25) is 0 Å². The van der Waals surface area contributed by atoms with Crippen molar-refractivity contribution in [1.82, 2.24) is 19.2 Å². The highest BCUT2D eigenvalue weighted by atomic mass is 19.1. The van der Waals surface area contributed by atoms with Crippen LogP contribution in [-0.4, -0.2) is 37.6 Å². The fourth-order valence-corrected chi connectivity index (χ4v) is 3.72. The van der Waals surface area contributed by atoms with Crippen LogP contribution in [0.5, 0.6) is 0 Å². The summed E-state index contributed by atoms with van der Waals surface area (Å²) >= 11 is 0. The Morgan fingerprint density at radius 2 is 1.76 bits per heavy atom. The van der Waals surface area contributed by atoms with Crippen molar-refractivity contribution in [3.63, 3.8) is 0 Å². The summed E-state index contributed by atoms with van der Waals surface area (Å²) < 4.78 is 16.7. The summed E-state index contributed by atoms with van der Waals surface area (Å²) in [6.07, 6.45) is 5.70. The van der Waals surface area contributed by atoms with Gasteiger partial charge in [-0.2, -0.15) is 5.10 Å². The number of fused-ring (bicyclic) bond motifs is 2. The van der Waals surface area contributed by atoms with Crippen LogP contribution in [0.15, 0.2) is 59.4 Å². The number of nitrogens with zero attached hydrogens (tertiary/aromatic N) is 4. The predicted molar refractivity (Wildman–Crippen MR) is 103 cm³/mol. The third-order valence-corrected chi connectivity index (χ3v) is 5.35. The molecule has 3 aromatic rings. The van der Waals surface area contributed by atoms with Crippen LogP contribution >= 0.6 is 0 Å². The van der Waals surface area contributed by atoms with Gasteiger partial charge in [0.05, 0.1) is 41.4 Å². The van der Waals surface area contributed by atoms with E-state index in [9.17, 15) is 18.8 Å². The molecule has 0 spiro atoms. The number of carbonyl (C=O) groups is 2. The monoisotopic (exact) mass is 392 g/mol. The van der Waals surface area contributed by atoms with Crippen molar-refractivity contribution < 1.29 is 14.0 Å². The van der Waals surface area contributed by atoms with E-state index in [4.69, 9.17) is 0 Å². The van der Waals surface area contributed by atoms with Crippen molar-refractivity contribution in [3.05, 3.63) is 76.1 Å². The van der Waals surface area contributed by atoms with E-state index in [1.54, 1.807) is 47.3 Å². The molecule has 1 aromatic carbocycles. The molecule has 1 fully saturated rings. The summed E-state index contributed by atoms with van der Waals surface area (Å²) in [5, 5.41) is 4.81. The van der Waals surface area contributed by atoms with Gasteiger partial charge in [-0.05, 0) is 36.6 Å². The van der Waals surface area contributed by atoms with Gasteiger partial charge in [0.1, 0.15) is 0 Å². The molecule has 7 nitrogen and oxygen atoms in total. The molecular formula is C21H17FN4O3. The number of amides is 2. The number of hydrogen-bond acceptors (Lipinski definition) is 4. The highest BCUT2D eigenvalue weighted by Gasteiger charge is 2.35. The molecule has 2 aliphatic rings. The first-order chi connectivity index (χ1) is 14.1. The molecule has 1 aliphatic carbocycles. The second-order valence-electron chi connectivity index (χ2n) is 7.39. The maximum absolute atomic E-state index is 13.6. The number of pyridine rings is 1. The van der Waals surface area contributed by atoms with Crippen molar-refractivity contribution in [2.45, 2.75) is 25.4 Å². The molecule has 0 radical (unpaired) electrons. The molecule has 146 valence electrons. The Hall–Kier alpha value is -3.55. The highest BCUT2D eigenvalue weighted by Crippen LogP contribution is 2.33. The van der Waals surface area contributed by atoms with Crippen LogP contribution in [0.4, 0.5) is 4.39 Å². The largest absolute Gasteiger partial charge is 0.312 e. The van der Waals surface area contributed by atoms with Gasteiger partial charge in [-0.15, -0.1) is 0 Å². The summed E-state index contributed by atoms with van der Waals surface area (Å²) in [6, 6.07) is 8.56. The zero-order chi connectivity index (χ0) is 20.1. The summed E-state index contributed by atoms with van der Waals surface area (Å²) in [7, 11) is 0. The number of carbonyl (C=O) groups excluding carboxylic acids is 2. The average molecular weight is 392 g/mol. The number of rotatable bonds is 5. The molecule has 1 aliphatic heterocycles. The minimum Gasteiger partial charge on any atom is -0.312 e. The summed E-state index contributed by atoms with van der Waals surface area (Å²) in [5.74, 6) is -0.884. The third kappa shape index (κ3) is 2.88. The molecule has 8 heteroatoms. The number of benzene rings is 1. The van der Waals surface area contributed by atoms with Gasteiger partial charge in [0.25, 0.3) is 17.4 Å². The number of imide groups is 1. The normalized spacial score (nSPS) is 16.7. The predicted octanol–water partition coefficient (Wildman–Crippen LogP) is 2.68. The van der Waals surface area contributed by atoms with Crippen LogP contribution in [0, 0.1) is 0 Å². The van der Waals surface area contributed by atoms with Crippen LogP contribution in [-0.2, 0) is 6.54 Å². The quantitative estimate of drug-likeness (QED) is 0.626. The second kappa shape index (κ2) is 6.51. The first kappa shape index (κ1) is 17.5. The van der Waals surface area contributed by atoms with E-state index >= 15 is 0 Å². The lowest BCUT2D eigenvalue weighted by Gasteiger charge is -2.15. The Labute approximate surface area is 164 Å². The van der Waals surface area contributed by atoms with Gasteiger partial charge in [0.2, 0.25) is 0 Å². The van der Waals surface area contributed by atoms with Gasteiger partial charge in [-0.25, -0.2) is 4.39 Å². The van der Waals surface area contributed by atoms with Crippen molar-refractivity contribution in [2.75, 3.05) is 6.54 Å². The number of hydrogen-bond donors (Lipinski definition) is 0. The van der Waals surface area contributed by atoms with Crippen molar-refractivity contribution in [2.24, 2.45) is 0 Å². The van der Waals surface area contributed by atoms with Crippen molar-refractivity contribution >= 4 is 22.7 Å². The van der Waals surface area contributed by atoms with E-state index < -0.39 is 11.8 Å². The van der Waals surface area contributed by atoms with Crippen LogP contribution in [0.3, 0.4) is 0 Å². The molecule has 2 amide bonds. The Bertz CT molecular complexity index is 1220. The van der Waals surface area contributed by atoms with Gasteiger partial charge < -0.3 is 4.57 Å². The summed E-state index contributed by atoms with van der Waals surface area (Å²) in [5.41, 5.74) is 1.27. The van der Waals surface area contributed by atoms with E-state index in [1.165, 1.54) is 4.68 Å². The van der Waals surface area contributed by atoms with E-state index in [0.29, 0.717) is 28.4 Å². The lowest BCUT2D eigenvalue weighted by atomic mass is 10.1. The summed E-state index contributed by atoms with van der Waals surface area (Å²) in [6.45, 7) is -0.146. The average Bonchev–Trinajstić information content (AvgIpc) is 3.44. The van der Waals surface area contributed by atoms with Crippen molar-refractivity contribution in [3.8, 4) is 0 Å². The minimum absolute atomic E-state index is 0.0292. The topological polar surface area (TPSA) is 77.2 Å². The lowest BCUT2D eigenvalue weighted by Crippen LogP contribution is -2.32. The van der Waals surface area contributed by atoms with E-state index in [1.807, 2.05) is 0 Å².